The molecule has 2 N–H and O–H groups in total. The molecule has 26 heavy (non-hydrogen) atoms. The van der Waals surface area contributed by atoms with Crippen molar-refractivity contribution in [1.82, 2.24) is 20.4 Å². The number of halogens is 1. The topological polar surface area (TPSA) is 61.0 Å². The lowest BCUT2D eigenvalue weighted by atomic mass is 9.97. The summed E-state index contributed by atoms with van der Waals surface area (Å²) in [6.45, 7) is 5.75. The minimum atomic E-state index is 0. The van der Waals surface area contributed by atoms with Crippen LogP contribution in [0.2, 0.25) is 0 Å². The van der Waals surface area contributed by atoms with Crippen molar-refractivity contribution in [2.75, 3.05) is 19.6 Å². The van der Waals surface area contributed by atoms with Crippen molar-refractivity contribution in [1.29, 1.82) is 0 Å². The summed E-state index contributed by atoms with van der Waals surface area (Å²) in [4.78, 5) is 14.6. The van der Waals surface area contributed by atoms with Crippen molar-refractivity contribution >= 4 is 18.3 Å². The Kier molecular flexibility index (Phi) is 5.99. The third kappa shape index (κ3) is 4.10. The summed E-state index contributed by atoms with van der Waals surface area (Å²) in [7, 11) is 0. The van der Waals surface area contributed by atoms with E-state index in [1.165, 1.54) is 17.5 Å². The van der Waals surface area contributed by atoms with E-state index in [2.05, 4.69) is 39.8 Å². The van der Waals surface area contributed by atoms with E-state index in [4.69, 9.17) is 0 Å². The number of fused-ring (bicyclic) bond motifs is 1. The van der Waals surface area contributed by atoms with Crippen LogP contribution in [-0.2, 0) is 30.6 Å². The lowest BCUT2D eigenvalue weighted by molar-refractivity contribution is -0.131. The minimum Gasteiger partial charge on any atom is -0.338 e. The van der Waals surface area contributed by atoms with Crippen LogP contribution in [0.15, 0.2) is 24.3 Å². The molecule has 0 saturated carbocycles. The first-order valence-electron chi connectivity index (χ1n) is 9.28. The number of nitrogens with one attached hydrogen (secondary N) is 2. The largest absolute Gasteiger partial charge is 0.338 e. The van der Waals surface area contributed by atoms with Crippen LogP contribution >= 0.6 is 12.4 Å². The molecule has 0 aliphatic carbocycles. The number of nitrogens with zero attached hydrogens (tertiary/aromatic N) is 2. The van der Waals surface area contributed by atoms with Gasteiger partial charge in [-0.05, 0) is 49.9 Å². The van der Waals surface area contributed by atoms with E-state index in [9.17, 15) is 4.79 Å². The Bertz CT molecular complexity index is 750. The van der Waals surface area contributed by atoms with Crippen LogP contribution in [0.25, 0.3) is 0 Å². The molecule has 1 atom stereocenters. The summed E-state index contributed by atoms with van der Waals surface area (Å²) in [5, 5.41) is 10.8. The Hall–Kier alpha value is -1.85. The molecule has 6 heteroatoms. The molecule has 2 aromatic rings. The highest BCUT2D eigenvalue weighted by Gasteiger charge is 2.24. The van der Waals surface area contributed by atoms with Crippen molar-refractivity contribution in [3.05, 3.63) is 52.3 Å². The van der Waals surface area contributed by atoms with Gasteiger partial charge in [-0.1, -0.05) is 24.3 Å². The molecule has 1 aromatic heterocycles. The molecule has 0 spiro atoms. The van der Waals surface area contributed by atoms with Gasteiger partial charge in [-0.3, -0.25) is 9.89 Å². The molecule has 1 saturated heterocycles. The maximum atomic E-state index is 12.7. The third-order valence-electron chi connectivity index (χ3n) is 5.54. The van der Waals surface area contributed by atoms with Gasteiger partial charge in [-0.15, -0.1) is 12.4 Å². The second-order valence-electron chi connectivity index (χ2n) is 7.40. The zero-order chi connectivity index (χ0) is 17.2. The third-order valence-corrected chi connectivity index (χ3v) is 5.54. The summed E-state index contributed by atoms with van der Waals surface area (Å²) in [6, 6.07) is 8.62. The Labute approximate surface area is 161 Å². The first-order chi connectivity index (χ1) is 12.2. The fourth-order valence-corrected chi connectivity index (χ4v) is 3.94. The van der Waals surface area contributed by atoms with Gasteiger partial charge < -0.3 is 10.2 Å². The van der Waals surface area contributed by atoms with Crippen LogP contribution < -0.4 is 5.32 Å². The van der Waals surface area contributed by atoms with E-state index in [-0.39, 0.29) is 18.3 Å². The number of H-pyrrole nitrogens is 1. The number of aryl methyl sites for hydroxylation is 1. The van der Waals surface area contributed by atoms with Crippen LogP contribution in [0.4, 0.5) is 0 Å². The Morgan fingerprint density at radius 1 is 1.27 bits per heavy atom. The predicted octanol–water partition coefficient (Wildman–Crippen LogP) is 2.42. The van der Waals surface area contributed by atoms with E-state index in [0.29, 0.717) is 13.0 Å². The monoisotopic (exact) mass is 374 g/mol. The lowest BCUT2D eigenvalue weighted by Gasteiger charge is -2.27. The molecule has 2 aliphatic heterocycles. The van der Waals surface area contributed by atoms with Crippen molar-refractivity contribution < 1.29 is 4.79 Å². The first kappa shape index (κ1) is 18.9. The molecule has 0 bridgehead atoms. The van der Waals surface area contributed by atoms with E-state index >= 15 is 0 Å². The number of carbonyl (C=O) groups is 1. The van der Waals surface area contributed by atoms with E-state index < -0.39 is 0 Å². The molecular formula is C20H27ClN4O. The number of amides is 1. The number of aromatic amines is 1. The van der Waals surface area contributed by atoms with E-state index in [1.54, 1.807) is 0 Å². The highest BCUT2D eigenvalue weighted by atomic mass is 35.5. The van der Waals surface area contributed by atoms with Crippen LogP contribution in [-0.4, -0.2) is 40.6 Å². The molecule has 140 valence electrons. The van der Waals surface area contributed by atoms with Gasteiger partial charge in [0.05, 0.1) is 12.1 Å². The van der Waals surface area contributed by atoms with Gasteiger partial charge >= 0.3 is 0 Å². The molecule has 1 amide bonds. The SMILES string of the molecule is Cc1[nH]nc2c1CN(C(=O)Cc1ccc(CC3CCNC3)cc1)CC2.Cl. The van der Waals surface area contributed by atoms with Crippen LogP contribution in [0.3, 0.4) is 0 Å². The maximum absolute atomic E-state index is 12.7. The first-order valence-corrected chi connectivity index (χ1v) is 9.28. The number of aromatic nitrogens is 2. The predicted molar refractivity (Wildman–Crippen MR) is 105 cm³/mol. The second-order valence-corrected chi connectivity index (χ2v) is 7.40. The summed E-state index contributed by atoms with van der Waals surface area (Å²) < 4.78 is 0. The zero-order valence-electron chi connectivity index (χ0n) is 15.3. The number of hydrogen-bond acceptors (Lipinski definition) is 3. The molecule has 3 heterocycles. The van der Waals surface area contributed by atoms with E-state index in [1.807, 2.05) is 11.8 Å². The smallest absolute Gasteiger partial charge is 0.227 e. The Balaban J connectivity index is 0.00000196. The van der Waals surface area contributed by atoms with Gasteiger partial charge in [-0.2, -0.15) is 5.10 Å². The van der Waals surface area contributed by atoms with Crippen molar-refractivity contribution in [2.45, 2.75) is 39.2 Å². The quantitative estimate of drug-likeness (QED) is 0.864. The molecule has 1 fully saturated rings. The van der Waals surface area contributed by atoms with Crippen LogP contribution in [0.1, 0.15) is 34.5 Å². The van der Waals surface area contributed by atoms with Crippen molar-refractivity contribution in [2.24, 2.45) is 5.92 Å². The molecule has 2 aliphatic rings. The van der Waals surface area contributed by atoms with Gasteiger partial charge in [0, 0.05) is 30.8 Å². The van der Waals surface area contributed by atoms with Crippen LogP contribution in [0, 0.1) is 12.8 Å². The molecule has 1 aromatic carbocycles. The van der Waals surface area contributed by atoms with Gasteiger partial charge in [0.2, 0.25) is 5.91 Å². The van der Waals surface area contributed by atoms with Crippen molar-refractivity contribution in [3.8, 4) is 0 Å². The normalized spacial score (nSPS) is 19.1. The number of benzene rings is 1. The zero-order valence-corrected chi connectivity index (χ0v) is 16.1. The van der Waals surface area contributed by atoms with Gasteiger partial charge in [0.25, 0.3) is 0 Å². The molecule has 4 rings (SSSR count). The van der Waals surface area contributed by atoms with Crippen LogP contribution in [0.5, 0.6) is 0 Å². The summed E-state index contributed by atoms with van der Waals surface area (Å²) in [5.41, 5.74) is 5.88. The summed E-state index contributed by atoms with van der Waals surface area (Å²) in [6.07, 6.45) is 3.73. The Morgan fingerprint density at radius 3 is 2.77 bits per heavy atom. The molecule has 5 nitrogen and oxygen atoms in total. The van der Waals surface area contributed by atoms with Gasteiger partial charge in [-0.25, -0.2) is 0 Å². The lowest BCUT2D eigenvalue weighted by Crippen LogP contribution is -2.36. The number of hydrogen-bond donors (Lipinski definition) is 2. The second kappa shape index (κ2) is 8.23. The fourth-order valence-electron chi connectivity index (χ4n) is 3.94. The average molecular weight is 375 g/mol. The fraction of sp³-hybridized carbons (Fsp3) is 0.500. The number of rotatable bonds is 4. The van der Waals surface area contributed by atoms with E-state index in [0.717, 1.165) is 55.3 Å². The average Bonchev–Trinajstić information content (AvgIpc) is 3.26. The number of carbonyl (C=O) groups excluding carboxylic acids is 1. The Morgan fingerprint density at radius 2 is 2.04 bits per heavy atom. The highest BCUT2D eigenvalue weighted by molar-refractivity contribution is 5.85. The molecular weight excluding hydrogens is 348 g/mol. The van der Waals surface area contributed by atoms with Gasteiger partial charge in [0.15, 0.2) is 0 Å². The standard InChI is InChI=1S/C20H26N4O.ClH/c1-14-18-13-24(9-7-19(18)23-22-14)20(25)11-16-4-2-15(3-5-16)10-17-6-8-21-12-17;/h2-5,17,21H,6-13H2,1H3,(H,22,23);1H. The highest BCUT2D eigenvalue weighted by Crippen LogP contribution is 2.21. The maximum Gasteiger partial charge on any atom is 0.227 e. The minimum absolute atomic E-state index is 0. The molecule has 1 unspecified atom stereocenters. The summed E-state index contributed by atoms with van der Waals surface area (Å²) >= 11 is 0. The van der Waals surface area contributed by atoms with Crippen molar-refractivity contribution in [3.63, 3.8) is 0 Å². The molecule has 0 radical (unpaired) electrons. The summed E-state index contributed by atoms with van der Waals surface area (Å²) in [5.74, 6) is 0.965. The van der Waals surface area contributed by atoms with Gasteiger partial charge in [0.1, 0.15) is 0 Å².